The van der Waals surface area contributed by atoms with Crippen LogP contribution in [-0.4, -0.2) is 12.1 Å². The molecule has 1 rings (SSSR count). The van der Waals surface area contributed by atoms with Gasteiger partial charge in [-0.05, 0) is 12.8 Å². The van der Waals surface area contributed by atoms with Gasteiger partial charge in [-0.15, -0.1) is 0 Å². The van der Waals surface area contributed by atoms with E-state index in [0.29, 0.717) is 5.89 Å². The Hall–Kier alpha value is -1.06. The molecule has 116 valence electrons. The minimum Gasteiger partial charge on any atom is -0.465 e. The van der Waals surface area contributed by atoms with Gasteiger partial charge in [0.05, 0.1) is 7.11 Å². The molecule has 20 heavy (non-hydrogen) atoms. The molecule has 0 radical (unpaired) electrons. The van der Waals surface area contributed by atoms with Crippen molar-refractivity contribution in [3.8, 4) is 5.95 Å². The van der Waals surface area contributed by atoms with Crippen LogP contribution in [0, 0.1) is 5.95 Å². The molecule has 0 spiro atoms. The number of nitrogens with zero attached hydrogens (tertiary/aromatic N) is 1. The van der Waals surface area contributed by atoms with Crippen molar-refractivity contribution < 1.29 is 13.5 Å². The highest BCUT2D eigenvalue weighted by atomic mass is 19.1. The first-order chi connectivity index (χ1) is 9.57. The Morgan fingerprint density at radius 2 is 1.75 bits per heavy atom. The van der Waals surface area contributed by atoms with E-state index >= 15 is 0 Å². The maximum absolute atomic E-state index is 13.6. The fourth-order valence-corrected chi connectivity index (χ4v) is 2.52. The van der Waals surface area contributed by atoms with Crippen molar-refractivity contribution in [2.45, 2.75) is 77.6 Å². The van der Waals surface area contributed by atoms with Crippen LogP contribution in [0.15, 0.2) is 4.42 Å². The molecule has 0 fully saturated rings. The lowest BCUT2D eigenvalue weighted by molar-refractivity contribution is 0.237. The third kappa shape index (κ3) is 4.50. The Bertz CT molecular complexity index is 392. The molecular formula is C16H28FNO2. The quantitative estimate of drug-likeness (QED) is 0.551. The lowest BCUT2D eigenvalue weighted by atomic mass is 9.80. The molecule has 0 amide bonds. The Labute approximate surface area is 121 Å². The number of aromatic nitrogens is 1. The van der Waals surface area contributed by atoms with Crippen molar-refractivity contribution in [2.75, 3.05) is 7.11 Å². The Morgan fingerprint density at radius 1 is 1.10 bits per heavy atom. The second-order valence-corrected chi connectivity index (χ2v) is 5.78. The minimum absolute atomic E-state index is 0.101. The lowest BCUT2D eigenvalue weighted by Crippen LogP contribution is -2.22. The largest absolute Gasteiger partial charge is 0.465 e. The average molecular weight is 285 g/mol. The highest BCUT2D eigenvalue weighted by Gasteiger charge is 2.33. The molecule has 0 aromatic carbocycles. The van der Waals surface area contributed by atoms with Gasteiger partial charge in [0.15, 0.2) is 0 Å². The van der Waals surface area contributed by atoms with E-state index in [1.165, 1.54) is 26.4 Å². The van der Waals surface area contributed by atoms with Gasteiger partial charge in [-0.1, -0.05) is 59.3 Å². The lowest BCUT2D eigenvalue weighted by Gasteiger charge is -2.26. The summed E-state index contributed by atoms with van der Waals surface area (Å²) in [5, 5.41) is 0. The van der Waals surface area contributed by atoms with E-state index in [1.54, 1.807) is 0 Å². The summed E-state index contributed by atoms with van der Waals surface area (Å²) in [5.41, 5.74) is -0.193. The SMILES string of the molecule is CCCCCCC(C)(CCCC)c1nc(F)c(OC)o1. The smallest absolute Gasteiger partial charge is 0.343 e. The number of hydrogen-bond acceptors (Lipinski definition) is 3. The van der Waals surface area contributed by atoms with Crippen molar-refractivity contribution in [1.82, 2.24) is 4.98 Å². The number of halogens is 1. The highest BCUT2D eigenvalue weighted by molar-refractivity contribution is 5.10. The summed E-state index contributed by atoms with van der Waals surface area (Å²) >= 11 is 0. The van der Waals surface area contributed by atoms with Gasteiger partial charge in [0.2, 0.25) is 5.89 Å². The summed E-state index contributed by atoms with van der Waals surface area (Å²) in [7, 11) is 1.40. The molecule has 0 bridgehead atoms. The van der Waals surface area contributed by atoms with Crippen LogP contribution in [0.4, 0.5) is 4.39 Å². The molecule has 3 nitrogen and oxygen atoms in total. The first-order valence-electron chi connectivity index (χ1n) is 7.78. The Kier molecular flexibility index (Phi) is 7.03. The number of rotatable bonds is 10. The standard InChI is InChI=1S/C16H28FNO2/c1-5-7-9-10-12-16(3,11-8-6-2)15-18-13(17)14(19-4)20-15/h5-12H2,1-4H3. The fraction of sp³-hybridized carbons (Fsp3) is 0.812. The zero-order chi connectivity index (χ0) is 15.0. The molecule has 0 saturated heterocycles. The van der Waals surface area contributed by atoms with Gasteiger partial charge >= 0.3 is 5.95 Å². The topological polar surface area (TPSA) is 35.3 Å². The van der Waals surface area contributed by atoms with Crippen LogP contribution in [0.5, 0.6) is 5.95 Å². The van der Waals surface area contributed by atoms with Gasteiger partial charge in [0, 0.05) is 5.41 Å². The van der Waals surface area contributed by atoms with E-state index in [2.05, 4.69) is 25.8 Å². The van der Waals surface area contributed by atoms with Crippen molar-refractivity contribution in [2.24, 2.45) is 0 Å². The van der Waals surface area contributed by atoms with E-state index in [-0.39, 0.29) is 11.4 Å². The van der Waals surface area contributed by atoms with Gasteiger partial charge in [0.25, 0.3) is 5.95 Å². The Balaban J connectivity index is 2.79. The number of unbranched alkanes of at least 4 members (excludes halogenated alkanes) is 4. The minimum atomic E-state index is -0.640. The van der Waals surface area contributed by atoms with E-state index in [0.717, 1.165) is 32.1 Å². The van der Waals surface area contributed by atoms with Crippen LogP contribution < -0.4 is 4.74 Å². The van der Waals surface area contributed by atoms with Crippen LogP contribution in [-0.2, 0) is 5.41 Å². The molecule has 1 aromatic rings. The number of ether oxygens (including phenoxy) is 1. The van der Waals surface area contributed by atoms with Gasteiger partial charge < -0.3 is 9.15 Å². The van der Waals surface area contributed by atoms with Crippen molar-refractivity contribution in [3.05, 3.63) is 11.8 Å². The summed E-state index contributed by atoms with van der Waals surface area (Å²) in [6.45, 7) is 6.48. The second kappa shape index (κ2) is 8.28. The van der Waals surface area contributed by atoms with Crippen LogP contribution in [0.2, 0.25) is 0 Å². The zero-order valence-electron chi connectivity index (χ0n) is 13.3. The molecule has 0 N–H and O–H groups in total. The van der Waals surface area contributed by atoms with Gasteiger partial charge in [-0.25, -0.2) is 0 Å². The first kappa shape index (κ1) is 17.0. The number of methoxy groups -OCH3 is 1. The maximum atomic E-state index is 13.6. The van der Waals surface area contributed by atoms with E-state index in [1.807, 2.05) is 0 Å². The molecule has 1 aromatic heterocycles. The molecule has 4 heteroatoms. The Morgan fingerprint density at radius 3 is 2.30 bits per heavy atom. The molecule has 0 aliphatic carbocycles. The highest BCUT2D eigenvalue weighted by Crippen LogP contribution is 2.36. The predicted molar refractivity (Wildman–Crippen MR) is 78.6 cm³/mol. The number of oxazole rings is 1. The van der Waals surface area contributed by atoms with E-state index < -0.39 is 5.95 Å². The molecule has 1 unspecified atom stereocenters. The summed E-state index contributed by atoms with van der Waals surface area (Å²) in [5.74, 6) is -0.258. The zero-order valence-corrected chi connectivity index (χ0v) is 13.3. The molecule has 1 heterocycles. The van der Waals surface area contributed by atoms with Crippen molar-refractivity contribution in [1.29, 1.82) is 0 Å². The second-order valence-electron chi connectivity index (χ2n) is 5.78. The van der Waals surface area contributed by atoms with Crippen LogP contribution >= 0.6 is 0 Å². The molecular weight excluding hydrogens is 257 g/mol. The first-order valence-corrected chi connectivity index (χ1v) is 7.78. The predicted octanol–water partition coefficient (Wildman–Crippen LogP) is 5.24. The summed E-state index contributed by atoms with van der Waals surface area (Å²) in [4.78, 5) is 3.95. The molecule has 0 saturated carbocycles. The van der Waals surface area contributed by atoms with E-state index in [9.17, 15) is 4.39 Å². The molecule has 1 atom stereocenters. The maximum Gasteiger partial charge on any atom is 0.343 e. The monoisotopic (exact) mass is 285 g/mol. The number of hydrogen-bond donors (Lipinski definition) is 0. The average Bonchev–Trinajstić information content (AvgIpc) is 2.83. The van der Waals surface area contributed by atoms with Crippen molar-refractivity contribution >= 4 is 0 Å². The fourth-order valence-electron chi connectivity index (χ4n) is 2.52. The normalized spacial score (nSPS) is 14.2. The van der Waals surface area contributed by atoms with E-state index in [4.69, 9.17) is 9.15 Å². The molecule has 0 aliphatic rings. The third-order valence-electron chi connectivity index (χ3n) is 3.92. The van der Waals surface area contributed by atoms with Crippen molar-refractivity contribution in [3.63, 3.8) is 0 Å². The van der Waals surface area contributed by atoms with Gasteiger partial charge in [0.1, 0.15) is 0 Å². The van der Waals surface area contributed by atoms with Crippen LogP contribution in [0.3, 0.4) is 0 Å². The van der Waals surface area contributed by atoms with Crippen LogP contribution in [0.25, 0.3) is 0 Å². The summed E-state index contributed by atoms with van der Waals surface area (Å²) < 4.78 is 23.9. The van der Waals surface area contributed by atoms with Crippen LogP contribution in [0.1, 0.15) is 78.0 Å². The van der Waals surface area contributed by atoms with Gasteiger partial charge in [-0.2, -0.15) is 9.37 Å². The molecule has 0 aliphatic heterocycles. The third-order valence-corrected chi connectivity index (χ3v) is 3.92. The summed E-state index contributed by atoms with van der Waals surface area (Å²) in [6, 6.07) is 0. The summed E-state index contributed by atoms with van der Waals surface area (Å²) in [6.07, 6.45) is 8.95. The van der Waals surface area contributed by atoms with Gasteiger partial charge in [-0.3, -0.25) is 0 Å².